The Balaban J connectivity index is 1.49. The van der Waals surface area contributed by atoms with E-state index in [2.05, 4.69) is 10.3 Å². The number of carbonyl (C=O) groups excluding carboxylic acids is 2. The Morgan fingerprint density at radius 2 is 1.67 bits per heavy atom. The third-order valence-corrected chi connectivity index (χ3v) is 5.82. The molecule has 0 spiro atoms. The molecule has 6 nitrogen and oxygen atoms in total. The standard InChI is InChI=1S/C26H23N3O3S/c1-32-22-14-12-19(13-15-22)18-23-25(31)29(21-10-6-3-7-11-21)26(28-23)33-17-16-24(30)27-20-8-4-2-5-9-20/h2-15,18H,16-17H2,1H3,(H,27,30)/b23-18+. The molecular weight excluding hydrogens is 434 g/mol. The first-order valence-electron chi connectivity index (χ1n) is 10.5. The molecule has 4 rings (SSSR count). The molecule has 2 amide bonds. The smallest absolute Gasteiger partial charge is 0.283 e. The summed E-state index contributed by atoms with van der Waals surface area (Å²) in [5.74, 6) is 0.950. The van der Waals surface area contributed by atoms with Crippen LogP contribution in [0.5, 0.6) is 5.75 Å². The molecule has 1 aliphatic heterocycles. The average Bonchev–Trinajstić information content (AvgIpc) is 3.15. The Kier molecular flexibility index (Phi) is 7.22. The lowest BCUT2D eigenvalue weighted by Crippen LogP contribution is -2.30. The highest BCUT2D eigenvalue weighted by molar-refractivity contribution is 8.14. The van der Waals surface area contributed by atoms with Crippen LogP contribution in [0.2, 0.25) is 0 Å². The number of hydrogen-bond donors (Lipinski definition) is 1. The van der Waals surface area contributed by atoms with Gasteiger partial charge in [-0.1, -0.05) is 60.3 Å². The quantitative estimate of drug-likeness (QED) is 0.495. The van der Waals surface area contributed by atoms with Crippen LogP contribution in [0.3, 0.4) is 0 Å². The van der Waals surface area contributed by atoms with Gasteiger partial charge in [0.05, 0.1) is 12.8 Å². The second-order valence-corrected chi connectivity index (χ2v) is 8.25. The van der Waals surface area contributed by atoms with E-state index in [1.165, 1.54) is 11.8 Å². The van der Waals surface area contributed by atoms with Crippen molar-refractivity contribution in [2.24, 2.45) is 4.99 Å². The number of nitrogens with one attached hydrogen (secondary N) is 1. The second-order valence-electron chi connectivity index (χ2n) is 7.19. The lowest BCUT2D eigenvalue weighted by atomic mass is 10.2. The van der Waals surface area contributed by atoms with Crippen LogP contribution in [0.15, 0.2) is 95.6 Å². The van der Waals surface area contributed by atoms with E-state index >= 15 is 0 Å². The summed E-state index contributed by atoms with van der Waals surface area (Å²) in [6.07, 6.45) is 2.06. The summed E-state index contributed by atoms with van der Waals surface area (Å²) >= 11 is 1.38. The first-order chi connectivity index (χ1) is 16.1. The molecule has 0 fully saturated rings. The zero-order chi connectivity index (χ0) is 23.0. The Hall–Kier alpha value is -3.84. The fraction of sp³-hybridized carbons (Fsp3) is 0.115. The van der Waals surface area contributed by atoms with Crippen LogP contribution in [0.25, 0.3) is 6.08 Å². The molecule has 166 valence electrons. The molecule has 0 saturated carbocycles. The number of ether oxygens (including phenoxy) is 1. The van der Waals surface area contributed by atoms with Gasteiger partial charge < -0.3 is 10.1 Å². The number of nitrogens with zero attached hydrogens (tertiary/aromatic N) is 2. The van der Waals surface area contributed by atoms with E-state index in [1.54, 1.807) is 18.1 Å². The van der Waals surface area contributed by atoms with Gasteiger partial charge in [0.25, 0.3) is 5.91 Å². The molecule has 3 aromatic rings. The van der Waals surface area contributed by atoms with Gasteiger partial charge in [0.2, 0.25) is 5.91 Å². The van der Waals surface area contributed by atoms with E-state index in [4.69, 9.17) is 4.74 Å². The third kappa shape index (κ3) is 5.70. The predicted octanol–water partition coefficient (Wildman–Crippen LogP) is 5.20. The van der Waals surface area contributed by atoms with Crippen molar-refractivity contribution in [2.75, 3.05) is 23.1 Å². The molecule has 0 unspecified atom stereocenters. The van der Waals surface area contributed by atoms with Gasteiger partial charge in [-0.05, 0) is 48.0 Å². The van der Waals surface area contributed by atoms with Gasteiger partial charge in [0.15, 0.2) is 5.17 Å². The number of hydrogen-bond acceptors (Lipinski definition) is 5. The summed E-state index contributed by atoms with van der Waals surface area (Å²) in [5, 5.41) is 3.43. The summed E-state index contributed by atoms with van der Waals surface area (Å²) in [4.78, 5) is 31.7. The SMILES string of the molecule is COc1ccc(/C=C2/N=C(SCCC(=O)Nc3ccccc3)N(c3ccccc3)C2=O)cc1. The Morgan fingerprint density at radius 1 is 1.00 bits per heavy atom. The molecule has 0 aliphatic carbocycles. The topological polar surface area (TPSA) is 71.0 Å². The lowest BCUT2D eigenvalue weighted by Gasteiger charge is -2.17. The van der Waals surface area contributed by atoms with Crippen molar-refractivity contribution in [1.29, 1.82) is 0 Å². The van der Waals surface area contributed by atoms with Crippen LogP contribution >= 0.6 is 11.8 Å². The van der Waals surface area contributed by atoms with Gasteiger partial charge in [-0.3, -0.25) is 14.5 Å². The van der Waals surface area contributed by atoms with Crippen LogP contribution in [0, 0.1) is 0 Å². The van der Waals surface area contributed by atoms with Crippen molar-refractivity contribution in [2.45, 2.75) is 6.42 Å². The molecule has 1 N–H and O–H groups in total. The van der Waals surface area contributed by atoms with Gasteiger partial charge in [0, 0.05) is 17.9 Å². The van der Waals surface area contributed by atoms with Crippen molar-refractivity contribution in [3.63, 3.8) is 0 Å². The van der Waals surface area contributed by atoms with E-state index in [9.17, 15) is 9.59 Å². The van der Waals surface area contributed by atoms with E-state index in [0.717, 1.165) is 22.7 Å². The minimum Gasteiger partial charge on any atom is -0.497 e. The number of amidine groups is 1. The maximum Gasteiger partial charge on any atom is 0.283 e. The molecular formula is C26H23N3O3S. The normalized spacial score (nSPS) is 14.3. The predicted molar refractivity (Wildman–Crippen MR) is 134 cm³/mol. The molecule has 0 atom stereocenters. The van der Waals surface area contributed by atoms with Crippen LogP contribution in [-0.4, -0.2) is 29.8 Å². The van der Waals surface area contributed by atoms with Gasteiger partial charge in [0.1, 0.15) is 11.4 Å². The lowest BCUT2D eigenvalue weighted by molar-refractivity contribution is -0.116. The third-order valence-electron chi connectivity index (χ3n) is 4.88. The van der Waals surface area contributed by atoms with Crippen molar-refractivity contribution < 1.29 is 14.3 Å². The molecule has 0 saturated heterocycles. The molecule has 0 bridgehead atoms. The van der Waals surface area contributed by atoms with E-state index in [-0.39, 0.29) is 11.8 Å². The first-order valence-corrected chi connectivity index (χ1v) is 11.4. The highest BCUT2D eigenvalue weighted by Gasteiger charge is 2.31. The Morgan fingerprint density at radius 3 is 2.33 bits per heavy atom. The number of thioether (sulfide) groups is 1. The Labute approximate surface area is 197 Å². The van der Waals surface area contributed by atoms with E-state index in [1.807, 2.05) is 84.9 Å². The first kappa shape index (κ1) is 22.4. The molecule has 3 aromatic carbocycles. The molecule has 33 heavy (non-hydrogen) atoms. The summed E-state index contributed by atoms with van der Waals surface area (Å²) in [5.41, 5.74) is 2.70. The van der Waals surface area contributed by atoms with E-state index in [0.29, 0.717) is 23.0 Å². The number of para-hydroxylation sites is 2. The highest BCUT2D eigenvalue weighted by Crippen LogP contribution is 2.29. The number of carbonyl (C=O) groups is 2. The van der Waals surface area contributed by atoms with Crippen molar-refractivity contribution in [3.05, 3.63) is 96.2 Å². The largest absolute Gasteiger partial charge is 0.497 e. The summed E-state index contributed by atoms with van der Waals surface area (Å²) in [6.45, 7) is 0. The van der Waals surface area contributed by atoms with Crippen molar-refractivity contribution in [1.82, 2.24) is 0 Å². The van der Waals surface area contributed by atoms with Gasteiger partial charge in [-0.15, -0.1) is 0 Å². The summed E-state index contributed by atoms with van der Waals surface area (Å²) < 4.78 is 5.19. The fourth-order valence-corrected chi connectivity index (χ4v) is 4.19. The molecule has 7 heteroatoms. The van der Waals surface area contributed by atoms with Gasteiger partial charge in [-0.2, -0.15) is 0 Å². The zero-order valence-electron chi connectivity index (χ0n) is 18.1. The maximum absolute atomic E-state index is 13.2. The monoisotopic (exact) mass is 457 g/mol. The van der Waals surface area contributed by atoms with Crippen LogP contribution in [0.1, 0.15) is 12.0 Å². The summed E-state index contributed by atoms with van der Waals surface area (Å²) in [7, 11) is 1.61. The fourth-order valence-electron chi connectivity index (χ4n) is 3.24. The molecule has 0 aromatic heterocycles. The molecule has 1 aliphatic rings. The van der Waals surface area contributed by atoms with Crippen molar-refractivity contribution in [3.8, 4) is 5.75 Å². The van der Waals surface area contributed by atoms with Crippen molar-refractivity contribution >= 4 is 46.2 Å². The summed E-state index contributed by atoms with van der Waals surface area (Å²) in [6, 6.07) is 26.2. The van der Waals surface area contributed by atoms with Gasteiger partial charge in [-0.25, -0.2) is 4.99 Å². The average molecular weight is 458 g/mol. The van der Waals surface area contributed by atoms with E-state index < -0.39 is 0 Å². The Bertz CT molecular complexity index is 1180. The number of anilines is 2. The number of aliphatic imine (C=N–C) groups is 1. The minimum atomic E-state index is -0.201. The van der Waals surface area contributed by atoms with Crippen LogP contribution < -0.4 is 15.0 Å². The zero-order valence-corrected chi connectivity index (χ0v) is 18.9. The number of amides is 2. The second kappa shape index (κ2) is 10.7. The number of methoxy groups -OCH3 is 1. The van der Waals surface area contributed by atoms with Crippen LogP contribution in [-0.2, 0) is 9.59 Å². The number of benzene rings is 3. The highest BCUT2D eigenvalue weighted by atomic mass is 32.2. The minimum absolute atomic E-state index is 0.0844. The number of rotatable bonds is 7. The van der Waals surface area contributed by atoms with Gasteiger partial charge >= 0.3 is 0 Å². The molecule has 0 radical (unpaired) electrons. The molecule has 1 heterocycles. The van der Waals surface area contributed by atoms with Crippen LogP contribution in [0.4, 0.5) is 11.4 Å². The maximum atomic E-state index is 13.2.